The molecule has 2 amide bonds. The van der Waals surface area contributed by atoms with E-state index in [2.05, 4.69) is 15.9 Å². The molecule has 0 heterocycles. The number of Topliss-reactive ketones (excluding diaryl/α,β-unsaturated/α-hetero) is 2. The van der Waals surface area contributed by atoms with Gasteiger partial charge in [-0.1, -0.05) is 107 Å². The fourth-order valence-electron chi connectivity index (χ4n) is 4.25. The summed E-state index contributed by atoms with van der Waals surface area (Å²) < 4.78 is 10.9. The number of halogens is 1. The largest absolute Gasteiger partial charge is 0.481 e. The number of alkyl halides is 1. The highest BCUT2D eigenvalue weighted by atomic mass is 79.9. The molecule has 0 saturated heterocycles. The number of hydrogen-bond donors (Lipinski definition) is 1. The summed E-state index contributed by atoms with van der Waals surface area (Å²) in [4.78, 5) is 65.5. The van der Waals surface area contributed by atoms with Crippen LogP contribution < -0.4 is 0 Å². The number of hydrogen-bond acceptors (Lipinski definition) is 7. The summed E-state index contributed by atoms with van der Waals surface area (Å²) >= 11 is 3.07. The van der Waals surface area contributed by atoms with Crippen molar-refractivity contribution in [3.05, 3.63) is 108 Å². The molecule has 0 aliphatic carbocycles. The second-order valence-electron chi connectivity index (χ2n) is 9.51. The molecule has 0 bridgehead atoms. The van der Waals surface area contributed by atoms with Crippen molar-refractivity contribution in [2.75, 3.05) is 5.33 Å². The van der Waals surface area contributed by atoms with Crippen molar-refractivity contribution >= 4 is 45.7 Å². The summed E-state index contributed by atoms with van der Waals surface area (Å²) in [6.45, 7) is -0.378. The monoisotopic (exact) mass is 637 g/mol. The first-order chi connectivity index (χ1) is 20.3. The first-order valence-corrected chi connectivity index (χ1v) is 14.5. The lowest BCUT2D eigenvalue weighted by molar-refractivity contribution is -0.148. The number of benzene rings is 3. The van der Waals surface area contributed by atoms with Gasteiger partial charge in [0.25, 0.3) is 0 Å². The molecular formula is C32H32BrNO8. The molecule has 10 heteroatoms. The van der Waals surface area contributed by atoms with Crippen LogP contribution in [-0.2, 0) is 43.5 Å². The van der Waals surface area contributed by atoms with Gasteiger partial charge in [-0.25, -0.2) is 14.5 Å². The molecule has 0 fully saturated rings. The third-order valence-corrected chi connectivity index (χ3v) is 7.08. The van der Waals surface area contributed by atoms with Crippen LogP contribution in [0.3, 0.4) is 0 Å². The predicted octanol–water partition coefficient (Wildman–Crippen LogP) is 5.98. The van der Waals surface area contributed by atoms with E-state index in [0.717, 1.165) is 0 Å². The van der Waals surface area contributed by atoms with Gasteiger partial charge in [-0.05, 0) is 29.5 Å². The number of carbonyl (C=O) groups excluding carboxylic acids is 4. The number of carboxylic acids is 1. The standard InChI is InChI=1S/C32H32BrNO8/c33-20-26(35)17-10-18-27(30(37)38)29(36)28(19-23-11-4-1-5-12-23)34(31(39)41-21-24-13-6-2-7-14-24)32(40)42-22-25-15-8-3-9-16-25/h1-9,11-16,27-28H,10,17-22H2,(H,37,38)/t27?,28-/m0/s1. The molecule has 0 aliphatic rings. The van der Waals surface area contributed by atoms with Gasteiger partial charge in [-0.3, -0.25) is 14.4 Å². The number of aliphatic carboxylic acids is 1. The third-order valence-electron chi connectivity index (χ3n) is 6.45. The normalized spacial score (nSPS) is 12.0. The molecule has 9 nitrogen and oxygen atoms in total. The molecule has 0 radical (unpaired) electrons. The molecule has 0 aliphatic heterocycles. The second kappa shape index (κ2) is 16.8. The average molecular weight is 639 g/mol. The van der Waals surface area contributed by atoms with E-state index in [1.807, 2.05) is 0 Å². The number of amides is 2. The Kier molecular flexibility index (Phi) is 12.9. The molecule has 42 heavy (non-hydrogen) atoms. The van der Waals surface area contributed by atoms with Crippen LogP contribution in [0.5, 0.6) is 0 Å². The van der Waals surface area contributed by atoms with Crippen LogP contribution in [0.1, 0.15) is 36.0 Å². The predicted molar refractivity (Wildman–Crippen MR) is 158 cm³/mol. The van der Waals surface area contributed by atoms with Gasteiger partial charge in [0.2, 0.25) is 0 Å². The fraction of sp³-hybridized carbons (Fsp3) is 0.281. The van der Waals surface area contributed by atoms with Crippen molar-refractivity contribution in [3.63, 3.8) is 0 Å². The molecular weight excluding hydrogens is 606 g/mol. The Labute approximate surface area is 252 Å². The minimum Gasteiger partial charge on any atom is -0.481 e. The Morgan fingerprint density at radius 2 is 1.17 bits per heavy atom. The van der Waals surface area contributed by atoms with E-state index >= 15 is 0 Å². The second-order valence-corrected chi connectivity index (χ2v) is 10.1. The summed E-state index contributed by atoms with van der Waals surface area (Å²) in [5, 5.41) is 10.1. The zero-order valence-corrected chi connectivity index (χ0v) is 24.5. The lowest BCUT2D eigenvalue weighted by Crippen LogP contribution is -2.52. The van der Waals surface area contributed by atoms with Crippen LogP contribution in [0.2, 0.25) is 0 Å². The third kappa shape index (κ3) is 9.95. The van der Waals surface area contributed by atoms with Gasteiger partial charge in [0.1, 0.15) is 31.0 Å². The summed E-state index contributed by atoms with van der Waals surface area (Å²) in [5.74, 6) is -4.00. The van der Waals surface area contributed by atoms with Crippen molar-refractivity contribution in [2.24, 2.45) is 5.92 Å². The Bertz CT molecular complexity index is 1280. The maximum atomic E-state index is 13.9. The summed E-state index contributed by atoms with van der Waals surface area (Å²) in [5.41, 5.74) is 1.88. The first-order valence-electron chi connectivity index (χ1n) is 13.4. The van der Waals surface area contributed by atoms with E-state index in [1.54, 1.807) is 91.0 Å². The maximum absolute atomic E-state index is 13.9. The average Bonchev–Trinajstić information content (AvgIpc) is 3.01. The molecule has 3 aromatic rings. The minimum atomic E-state index is -1.58. The molecule has 0 aromatic heterocycles. The number of carbonyl (C=O) groups is 5. The van der Waals surface area contributed by atoms with E-state index < -0.39 is 35.9 Å². The first kappa shape index (κ1) is 32.2. The molecule has 1 N–H and O–H groups in total. The Hall–Kier alpha value is -4.31. The van der Waals surface area contributed by atoms with Gasteiger partial charge < -0.3 is 14.6 Å². The molecule has 0 saturated carbocycles. The number of ether oxygens (including phenoxy) is 2. The zero-order valence-electron chi connectivity index (χ0n) is 22.9. The summed E-state index contributed by atoms with van der Waals surface area (Å²) in [7, 11) is 0. The Balaban J connectivity index is 1.95. The SMILES string of the molecule is O=C(CBr)CCCC(C(=O)O)C(=O)[C@H](Cc1ccccc1)N(C(=O)OCc1ccccc1)C(=O)OCc1ccccc1. The minimum absolute atomic E-state index is 0.0770. The van der Waals surface area contributed by atoms with Gasteiger partial charge >= 0.3 is 18.2 Å². The lowest BCUT2D eigenvalue weighted by Gasteiger charge is -2.29. The molecule has 220 valence electrons. The molecule has 3 rings (SSSR count). The van der Waals surface area contributed by atoms with E-state index in [1.165, 1.54) is 0 Å². The van der Waals surface area contributed by atoms with Gasteiger partial charge in [-0.2, -0.15) is 0 Å². The van der Waals surface area contributed by atoms with Crippen LogP contribution in [0.4, 0.5) is 9.59 Å². The van der Waals surface area contributed by atoms with Gasteiger partial charge in [0.15, 0.2) is 5.78 Å². The molecule has 0 spiro atoms. The number of ketones is 2. The summed E-state index contributed by atoms with van der Waals surface area (Å²) in [6, 6.07) is 24.6. The van der Waals surface area contributed by atoms with Crippen molar-refractivity contribution in [2.45, 2.75) is 44.9 Å². The van der Waals surface area contributed by atoms with Crippen LogP contribution in [0.15, 0.2) is 91.0 Å². The van der Waals surface area contributed by atoms with Crippen LogP contribution in [-0.4, -0.2) is 51.1 Å². The molecule has 2 atom stereocenters. The van der Waals surface area contributed by atoms with Crippen LogP contribution in [0.25, 0.3) is 0 Å². The van der Waals surface area contributed by atoms with Gasteiger partial charge in [0, 0.05) is 12.8 Å². The van der Waals surface area contributed by atoms with Crippen molar-refractivity contribution < 1.29 is 38.6 Å². The zero-order chi connectivity index (χ0) is 30.3. The van der Waals surface area contributed by atoms with Gasteiger partial charge in [0.05, 0.1) is 5.33 Å². The lowest BCUT2D eigenvalue weighted by atomic mass is 9.89. The van der Waals surface area contributed by atoms with Gasteiger partial charge in [-0.15, -0.1) is 0 Å². The Morgan fingerprint density at radius 3 is 1.60 bits per heavy atom. The highest BCUT2D eigenvalue weighted by Crippen LogP contribution is 2.22. The quantitative estimate of drug-likeness (QED) is 0.159. The molecule has 1 unspecified atom stereocenters. The molecule has 3 aromatic carbocycles. The summed E-state index contributed by atoms with van der Waals surface area (Å²) in [6.07, 6.45) is -2.39. The van der Waals surface area contributed by atoms with Crippen molar-refractivity contribution in [1.82, 2.24) is 4.90 Å². The maximum Gasteiger partial charge on any atom is 0.420 e. The van der Waals surface area contributed by atoms with Crippen LogP contribution in [0, 0.1) is 5.92 Å². The van der Waals surface area contributed by atoms with E-state index in [-0.39, 0.29) is 50.0 Å². The number of nitrogens with zero attached hydrogens (tertiary/aromatic N) is 1. The number of imide groups is 1. The van der Waals surface area contributed by atoms with E-state index in [0.29, 0.717) is 21.6 Å². The van der Waals surface area contributed by atoms with Crippen molar-refractivity contribution in [3.8, 4) is 0 Å². The topological polar surface area (TPSA) is 127 Å². The Morgan fingerprint density at radius 1 is 0.714 bits per heavy atom. The van der Waals surface area contributed by atoms with E-state index in [9.17, 15) is 29.1 Å². The highest BCUT2D eigenvalue weighted by molar-refractivity contribution is 9.09. The van der Waals surface area contributed by atoms with Crippen LogP contribution >= 0.6 is 15.9 Å². The number of rotatable bonds is 15. The highest BCUT2D eigenvalue weighted by Gasteiger charge is 2.42. The number of carboxylic acid groups (broad SMARTS) is 1. The smallest absolute Gasteiger partial charge is 0.420 e. The van der Waals surface area contributed by atoms with Crippen molar-refractivity contribution in [1.29, 1.82) is 0 Å². The fourth-order valence-corrected chi connectivity index (χ4v) is 4.53. The van der Waals surface area contributed by atoms with E-state index in [4.69, 9.17) is 9.47 Å².